The number of hydrogen-bond donors (Lipinski definition) is 1. The van der Waals surface area contributed by atoms with Gasteiger partial charge in [0.05, 0.1) is 12.6 Å². The molecule has 0 aliphatic rings. The molecule has 0 radical (unpaired) electrons. The van der Waals surface area contributed by atoms with E-state index in [9.17, 15) is 5.11 Å². The zero-order valence-corrected chi connectivity index (χ0v) is 11.7. The van der Waals surface area contributed by atoms with E-state index in [4.69, 9.17) is 0 Å². The van der Waals surface area contributed by atoms with Crippen molar-refractivity contribution in [2.75, 3.05) is 11.9 Å². The van der Waals surface area contributed by atoms with E-state index >= 15 is 0 Å². The predicted octanol–water partition coefficient (Wildman–Crippen LogP) is 3.14. The largest absolute Gasteiger partial charge is 0.392 e. The molecule has 4 heteroatoms. The van der Waals surface area contributed by atoms with Gasteiger partial charge in [-0.25, -0.2) is 4.98 Å². The van der Waals surface area contributed by atoms with Crippen molar-refractivity contribution in [3.63, 3.8) is 0 Å². The average molecular weight is 262 g/mol. The van der Waals surface area contributed by atoms with Gasteiger partial charge in [0, 0.05) is 17.6 Å². The van der Waals surface area contributed by atoms with E-state index in [-0.39, 0.29) is 12.6 Å². The lowest BCUT2D eigenvalue weighted by Gasteiger charge is -2.25. The van der Waals surface area contributed by atoms with Gasteiger partial charge in [0.15, 0.2) is 0 Å². The van der Waals surface area contributed by atoms with E-state index in [1.165, 1.54) is 4.88 Å². The zero-order chi connectivity index (χ0) is 13.1. The molecular weight excluding hydrogens is 244 g/mol. The molecule has 18 heavy (non-hydrogen) atoms. The topological polar surface area (TPSA) is 36.4 Å². The SMILES string of the molecule is Cc1cc(CO)cc(N(C)C(C)c2cccs2)n1. The monoisotopic (exact) mass is 262 g/mol. The van der Waals surface area contributed by atoms with E-state index in [0.29, 0.717) is 0 Å². The maximum atomic E-state index is 9.25. The predicted molar refractivity (Wildman–Crippen MR) is 76.0 cm³/mol. The highest BCUT2D eigenvalue weighted by Gasteiger charge is 2.15. The van der Waals surface area contributed by atoms with Crippen LogP contribution >= 0.6 is 11.3 Å². The van der Waals surface area contributed by atoms with Crippen molar-refractivity contribution in [3.8, 4) is 0 Å². The summed E-state index contributed by atoms with van der Waals surface area (Å²) < 4.78 is 0. The summed E-state index contributed by atoms with van der Waals surface area (Å²) >= 11 is 1.75. The summed E-state index contributed by atoms with van der Waals surface area (Å²) in [6.45, 7) is 4.17. The van der Waals surface area contributed by atoms with Crippen LogP contribution in [0, 0.1) is 6.92 Å². The van der Waals surface area contributed by atoms with Gasteiger partial charge in [-0.1, -0.05) is 6.07 Å². The van der Waals surface area contributed by atoms with E-state index in [2.05, 4.69) is 34.3 Å². The molecule has 96 valence electrons. The van der Waals surface area contributed by atoms with E-state index in [1.807, 2.05) is 26.1 Å². The average Bonchev–Trinajstić information content (AvgIpc) is 2.90. The Labute approximate surface area is 112 Å². The summed E-state index contributed by atoms with van der Waals surface area (Å²) in [6, 6.07) is 8.33. The Morgan fingerprint density at radius 3 is 2.83 bits per heavy atom. The molecule has 2 heterocycles. The highest BCUT2D eigenvalue weighted by Crippen LogP contribution is 2.27. The lowest BCUT2D eigenvalue weighted by molar-refractivity contribution is 0.281. The molecule has 1 N–H and O–H groups in total. The number of aryl methyl sites for hydroxylation is 1. The number of anilines is 1. The van der Waals surface area contributed by atoms with Crippen molar-refractivity contribution in [2.24, 2.45) is 0 Å². The van der Waals surface area contributed by atoms with Crippen LogP contribution in [0.25, 0.3) is 0 Å². The summed E-state index contributed by atoms with van der Waals surface area (Å²) in [5.41, 5.74) is 1.84. The number of aliphatic hydroxyl groups excluding tert-OH is 1. The standard InChI is InChI=1S/C14H18N2OS/c1-10-7-12(9-17)8-14(15-10)16(3)11(2)13-5-4-6-18-13/h4-8,11,17H,9H2,1-3H3. The van der Waals surface area contributed by atoms with Crippen LogP contribution in [-0.2, 0) is 6.61 Å². The van der Waals surface area contributed by atoms with Crippen LogP contribution in [0.2, 0.25) is 0 Å². The molecule has 0 saturated carbocycles. The van der Waals surface area contributed by atoms with Crippen molar-refractivity contribution >= 4 is 17.2 Å². The van der Waals surface area contributed by atoms with Gasteiger partial charge < -0.3 is 10.0 Å². The Hall–Kier alpha value is -1.39. The number of rotatable bonds is 4. The third-order valence-electron chi connectivity index (χ3n) is 3.08. The van der Waals surface area contributed by atoms with E-state index in [0.717, 1.165) is 17.1 Å². The minimum atomic E-state index is 0.0532. The summed E-state index contributed by atoms with van der Waals surface area (Å²) in [7, 11) is 2.04. The first-order valence-electron chi connectivity index (χ1n) is 5.96. The normalized spacial score (nSPS) is 12.4. The van der Waals surface area contributed by atoms with Crippen LogP contribution in [0.1, 0.15) is 29.1 Å². The first kappa shape index (κ1) is 13.1. The molecule has 3 nitrogen and oxygen atoms in total. The number of hydrogen-bond acceptors (Lipinski definition) is 4. The van der Waals surface area contributed by atoms with Crippen molar-refractivity contribution in [1.82, 2.24) is 4.98 Å². The second-order valence-electron chi connectivity index (χ2n) is 4.44. The van der Waals surface area contributed by atoms with Gasteiger partial charge in [-0.05, 0) is 43.0 Å². The molecule has 0 aromatic carbocycles. The minimum Gasteiger partial charge on any atom is -0.392 e. The molecular formula is C14H18N2OS. The fourth-order valence-corrected chi connectivity index (χ4v) is 2.74. The molecule has 2 aromatic rings. The summed E-state index contributed by atoms with van der Waals surface area (Å²) in [5, 5.41) is 11.3. The van der Waals surface area contributed by atoms with Gasteiger partial charge in [0.1, 0.15) is 5.82 Å². The molecule has 0 bridgehead atoms. The van der Waals surface area contributed by atoms with Crippen molar-refractivity contribution in [3.05, 3.63) is 45.8 Å². The van der Waals surface area contributed by atoms with Crippen molar-refractivity contribution < 1.29 is 5.11 Å². The number of pyridine rings is 1. The Morgan fingerprint density at radius 1 is 1.44 bits per heavy atom. The van der Waals surface area contributed by atoms with Gasteiger partial charge in [0.2, 0.25) is 0 Å². The third-order valence-corrected chi connectivity index (χ3v) is 4.12. The highest BCUT2D eigenvalue weighted by atomic mass is 32.1. The molecule has 2 aromatic heterocycles. The fraction of sp³-hybridized carbons (Fsp3) is 0.357. The second-order valence-corrected chi connectivity index (χ2v) is 5.41. The highest BCUT2D eigenvalue weighted by molar-refractivity contribution is 7.10. The van der Waals surface area contributed by atoms with Crippen molar-refractivity contribution in [2.45, 2.75) is 26.5 Å². The van der Waals surface area contributed by atoms with Gasteiger partial charge in [0.25, 0.3) is 0 Å². The Morgan fingerprint density at radius 2 is 2.22 bits per heavy atom. The first-order valence-corrected chi connectivity index (χ1v) is 6.84. The van der Waals surface area contributed by atoms with Gasteiger partial charge >= 0.3 is 0 Å². The number of nitrogens with zero attached hydrogens (tertiary/aromatic N) is 2. The summed E-state index contributed by atoms with van der Waals surface area (Å²) in [6.07, 6.45) is 0. The van der Waals surface area contributed by atoms with Crippen LogP contribution in [0.15, 0.2) is 29.6 Å². The van der Waals surface area contributed by atoms with E-state index < -0.39 is 0 Å². The first-order chi connectivity index (χ1) is 8.61. The molecule has 0 amide bonds. The molecule has 0 aliphatic heterocycles. The number of aromatic nitrogens is 1. The molecule has 2 rings (SSSR count). The zero-order valence-electron chi connectivity index (χ0n) is 10.9. The molecule has 1 unspecified atom stereocenters. The second kappa shape index (κ2) is 5.50. The number of aliphatic hydroxyl groups is 1. The molecule has 0 aliphatic carbocycles. The Balaban J connectivity index is 2.28. The molecule has 1 atom stereocenters. The van der Waals surface area contributed by atoms with Crippen molar-refractivity contribution in [1.29, 1.82) is 0 Å². The lowest BCUT2D eigenvalue weighted by Crippen LogP contribution is -2.22. The minimum absolute atomic E-state index is 0.0532. The van der Waals surface area contributed by atoms with Gasteiger partial charge in [-0.3, -0.25) is 0 Å². The summed E-state index contributed by atoms with van der Waals surface area (Å²) in [5.74, 6) is 0.903. The van der Waals surface area contributed by atoms with Crippen LogP contribution in [-0.4, -0.2) is 17.1 Å². The van der Waals surface area contributed by atoms with Gasteiger partial charge in [-0.2, -0.15) is 0 Å². The van der Waals surface area contributed by atoms with E-state index in [1.54, 1.807) is 11.3 Å². The molecule has 0 fully saturated rings. The Bertz CT molecular complexity index is 511. The van der Waals surface area contributed by atoms with Crippen LogP contribution < -0.4 is 4.90 Å². The smallest absolute Gasteiger partial charge is 0.129 e. The number of thiophene rings is 1. The summed E-state index contributed by atoms with van der Waals surface area (Å²) in [4.78, 5) is 7.98. The maximum Gasteiger partial charge on any atom is 0.129 e. The lowest BCUT2D eigenvalue weighted by atomic mass is 10.2. The van der Waals surface area contributed by atoms with Crippen LogP contribution in [0.3, 0.4) is 0 Å². The maximum absolute atomic E-state index is 9.25. The molecule has 0 spiro atoms. The quantitative estimate of drug-likeness (QED) is 0.919. The van der Waals surface area contributed by atoms with Crippen LogP contribution in [0.4, 0.5) is 5.82 Å². The third kappa shape index (κ3) is 2.71. The Kier molecular flexibility index (Phi) is 3.99. The van der Waals surface area contributed by atoms with Crippen LogP contribution in [0.5, 0.6) is 0 Å². The molecule has 0 saturated heterocycles. The fourth-order valence-electron chi connectivity index (χ4n) is 1.91. The van der Waals surface area contributed by atoms with Gasteiger partial charge in [-0.15, -0.1) is 11.3 Å².